The molecule has 0 spiro atoms. The summed E-state index contributed by atoms with van der Waals surface area (Å²) in [5.74, 6) is 0. The largest absolute Gasteiger partial charge is 0.443 e. The summed E-state index contributed by atoms with van der Waals surface area (Å²) in [7, 11) is 0. The number of hydrogen-bond acceptors (Lipinski definition) is 3. The Morgan fingerprint density at radius 1 is 1.62 bits per heavy atom. The van der Waals surface area contributed by atoms with Crippen molar-refractivity contribution in [3.8, 4) is 6.07 Å². The van der Waals surface area contributed by atoms with E-state index in [0.29, 0.717) is 10.2 Å². The Bertz CT molecular complexity index is 440. The third-order valence-corrected chi connectivity index (χ3v) is 1.95. The van der Waals surface area contributed by atoms with Gasteiger partial charge in [0.15, 0.2) is 0 Å². The summed E-state index contributed by atoms with van der Waals surface area (Å²) in [5.41, 5.74) is 2.19. The number of nitrogens with one attached hydrogen (secondary N) is 1. The molecule has 0 radical (unpaired) electrons. The molecule has 16 heavy (non-hydrogen) atoms. The van der Waals surface area contributed by atoms with Crippen molar-refractivity contribution < 1.29 is 9.53 Å². The van der Waals surface area contributed by atoms with E-state index in [1.165, 1.54) is 4.68 Å². The van der Waals surface area contributed by atoms with Gasteiger partial charge in [-0.15, -0.1) is 0 Å². The van der Waals surface area contributed by atoms with Crippen LogP contribution in [0.25, 0.3) is 0 Å². The topological polar surface area (TPSA) is 67.0 Å². The van der Waals surface area contributed by atoms with Crippen LogP contribution in [0.2, 0.25) is 0 Å². The minimum absolute atomic E-state index is 0.317. The lowest BCUT2D eigenvalue weighted by Crippen LogP contribution is -2.31. The third-order valence-electron chi connectivity index (χ3n) is 1.51. The number of amides is 1. The van der Waals surface area contributed by atoms with Crippen LogP contribution < -0.4 is 5.43 Å². The zero-order valence-electron chi connectivity index (χ0n) is 9.24. The molecule has 0 fully saturated rings. The van der Waals surface area contributed by atoms with E-state index in [1.54, 1.807) is 33.0 Å². The molecule has 1 amide bonds. The minimum atomic E-state index is -0.605. The van der Waals surface area contributed by atoms with E-state index in [9.17, 15) is 4.79 Å². The van der Waals surface area contributed by atoms with Crippen molar-refractivity contribution in [1.82, 2.24) is 4.68 Å². The van der Waals surface area contributed by atoms with Gasteiger partial charge < -0.3 is 4.74 Å². The van der Waals surface area contributed by atoms with Crippen LogP contribution in [0.3, 0.4) is 0 Å². The highest BCUT2D eigenvalue weighted by Crippen LogP contribution is 2.13. The van der Waals surface area contributed by atoms with Gasteiger partial charge in [0.2, 0.25) is 0 Å². The second kappa shape index (κ2) is 4.58. The van der Waals surface area contributed by atoms with Gasteiger partial charge in [0.05, 0.1) is 0 Å². The second-order valence-corrected chi connectivity index (χ2v) is 5.05. The lowest BCUT2D eigenvalue weighted by atomic mass is 10.2. The zero-order chi connectivity index (χ0) is 12.3. The van der Waals surface area contributed by atoms with Gasteiger partial charge in [-0.2, -0.15) is 5.26 Å². The number of ether oxygens (including phenoxy) is 1. The molecular weight excluding hydrogens is 274 g/mol. The van der Waals surface area contributed by atoms with E-state index in [4.69, 9.17) is 10.00 Å². The van der Waals surface area contributed by atoms with Crippen LogP contribution in [0.5, 0.6) is 0 Å². The Hall–Kier alpha value is -1.48. The number of nitrogens with zero attached hydrogens (tertiary/aromatic N) is 2. The van der Waals surface area contributed by atoms with Gasteiger partial charge in [-0.25, -0.2) is 14.9 Å². The summed E-state index contributed by atoms with van der Waals surface area (Å²) in [5, 5.41) is 8.79. The number of aromatic nitrogens is 1. The summed E-state index contributed by atoms with van der Waals surface area (Å²) in [6.07, 6.45) is 0.967. The molecule has 0 atom stereocenters. The normalized spacial score (nSPS) is 10.7. The molecule has 0 saturated heterocycles. The maximum Gasteiger partial charge on any atom is 0.426 e. The average molecular weight is 286 g/mol. The highest BCUT2D eigenvalue weighted by molar-refractivity contribution is 9.10. The fraction of sp³-hybridized carbons (Fsp3) is 0.400. The fourth-order valence-corrected chi connectivity index (χ4v) is 1.43. The minimum Gasteiger partial charge on any atom is -0.443 e. The molecule has 1 rings (SSSR count). The Balaban J connectivity index is 2.74. The smallest absolute Gasteiger partial charge is 0.426 e. The average Bonchev–Trinajstić information content (AvgIpc) is 2.42. The third kappa shape index (κ3) is 3.59. The molecule has 0 saturated carbocycles. The van der Waals surface area contributed by atoms with Gasteiger partial charge in [-0.1, -0.05) is 0 Å². The van der Waals surface area contributed by atoms with Crippen molar-refractivity contribution >= 4 is 22.0 Å². The molecule has 1 aromatic rings. The molecule has 86 valence electrons. The Morgan fingerprint density at radius 2 is 2.25 bits per heavy atom. The monoisotopic (exact) mass is 285 g/mol. The van der Waals surface area contributed by atoms with Crippen molar-refractivity contribution in [2.75, 3.05) is 5.43 Å². The number of halogens is 1. The molecule has 0 aliphatic heterocycles. The summed E-state index contributed by atoms with van der Waals surface area (Å²) in [4.78, 5) is 11.4. The van der Waals surface area contributed by atoms with Gasteiger partial charge in [0, 0.05) is 10.7 Å². The van der Waals surface area contributed by atoms with E-state index in [0.717, 1.165) is 0 Å². The predicted molar refractivity (Wildman–Crippen MR) is 62.4 cm³/mol. The first-order valence-corrected chi connectivity index (χ1v) is 5.39. The molecule has 0 unspecified atom stereocenters. The molecule has 6 heteroatoms. The summed E-state index contributed by atoms with van der Waals surface area (Å²) in [6, 6.07) is 3.54. The predicted octanol–water partition coefficient (Wildman–Crippen LogP) is 2.60. The molecule has 0 bridgehead atoms. The molecule has 1 aromatic heterocycles. The standard InChI is InChI=1S/C10H12BrN3O2/c1-10(2,3)16-9(15)13-14-6-7(11)4-8(14)5-12/h4,6H,1-3H3,(H,13,15). The van der Waals surface area contributed by atoms with Crippen molar-refractivity contribution in [1.29, 1.82) is 5.26 Å². The Morgan fingerprint density at radius 3 is 2.75 bits per heavy atom. The number of hydrogen-bond donors (Lipinski definition) is 1. The summed E-state index contributed by atoms with van der Waals surface area (Å²) >= 11 is 3.21. The summed E-state index contributed by atoms with van der Waals surface area (Å²) in [6.45, 7) is 5.30. The van der Waals surface area contributed by atoms with Crippen molar-refractivity contribution in [3.63, 3.8) is 0 Å². The van der Waals surface area contributed by atoms with Gasteiger partial charge in [-0.3, -0.25) is 0 Å². The van der Waals surface area contributed by atoms with Crippen molar-refractivity contribution in [2.24, 2.45) is 0 Å². The van der Waals surface area contributed by atoms with Crippen LogP contribution in [0.4, 0.5) is 4.79 Å². The van der Waals surface area contributed by atoms with Crippen LogP contribution in [0.15, 0.2) is 16.7 Å². The van der Waals surface area contributed by atoms with E-state index < -0.39 is 11.7 Å². The fourth-order valence-electron chi connectivity index (χ4n) is 1.01. The van der Waals surface area contributed by atoms with Crippen LogP contribution >= 0.6 is 15.9 Å². The first kappa shape index (κ1) is 12.6. The lowest BCUT2D eigenvalue weighted by molar-refractivity contribution is 0.0613. The first-order chi connectivity index (χ1) is 7.31. The van der Waals surface area contributed by atoms with E-state index >= 15 is 0 Å². The van der Waals surface area contributed by atoms with Crippen molar-refractivity contribution in [3.05, 3.63) is 22.4 Å². The SMILES string of the molecule is CC(C)(C)OC(=O)Nn1cc(Br)cc1C#N. The Kier molecular flexibility index (Phi) is 3.60. The highest BCUT2D eigenvalue weighted by atomic mass is 79.9. The maximum absolute atomic E-state index is 11.4. The number of nitriles is 1. The van der Waals surface area contributed by atoms with Gasteiger partial charge in [-0.05, 0) is 42.8 Å². The molecule has 0 aromatic carbocycles. The van der Waals surface area contributed by atoms with Gasteiger partial charge >= 0.3 is 6.09 Å². The van der Waals surface area contributed by atoms with Crippen molar-refractivity contribution in [2.45, 2.75) is 26.4 Å². The molecule has 1 N–H and O–H groups in total. The van der Waals surface area contributed by atoms with E-state index in [-0.39, 0.29) is 0 Å². The first-order valence-electron chi connectivity index (χ1n) is 4.60. The number of carbonyl (C=O) groups excluding carboxylic acids is 1. The van der Waals surface area contributed by atoms with Crippen LogP contribution in [0.1, 0.15) is 26.5 Å². The number of rotatable bonds is 1. The maximum atomic E-state index is 11.4. The molecule has 1 heterocycles. The summed E-state index contributed by atoms with van der Waals surface area (Å²) < 4.78 is 7.07. The molecular formula is C10H12BrN3O2. The van der Waals surface area contributed by atoms with Gasteiger partial charge in [0.25, 0.3) is 0 Å². The quantitative estimate of drug-likeness (QED) is 0.862. The molecule has 0 aliphatic rings. The Labute approximate surface area is 102 Å². The molecule has 0 aliphatic carbocycles. The zero-order valence-corrected chi connectivity index (χ0v) is 10.8. The molecule has 5 nitrogen and oxygen atoms in total. The number of carbonyl (C=O) groups is 1. The van der Waals surface area contributed by atoms with Gasteiger partial charge in [0.1, 0.15) is 17.4 Å². The van der Waals surface area contributed by atoms with E-state index in [2.05, 4.69) is 21.4 Å². The lowest BCUT2D eigenvalue weighted by Gasteiger charge is -2.20. The second-order valence-electron chi connectivity index (χ2n) is 4.14. The van der Waals surface area contributed by atoms with E-state index in [1.807, 2.05) is 6.07 Å². The highest BCUT2D eigenvalue weighted by Gasteiger charge is 2.17. The van der Waals surface area contributed by atoms with Crippen LogP contribution in [0, 0.1) is 11.3 Å². The van der Waals surface area contributed by atoms with Crippen LogP contribution in [-0.4, -0.2) is 16.4 Å². The van der Waals surface area contributed by atoms with Crippen LogP contribution in [-0.2, 0) is 4.74 Å².